The highest BCUT2D eigenvalue weighted by molar-refractivity contribution is 5.96. The number of nitrogens with zero attached hydrogens (tertiary/aromatic N) is 4. The molecule has 36 heavy (non-hydrogen) atoms. The highest BCUT2D eigenvalue weighted by Gasteiger charge is 2.12. The number of hydrogen-bond acceptors (Lipinski definition) is 6. The van der Waals surface area contributed by atoms with E-state index in [1.807, 2.05) is 42.5 Å². The van der Waals surface area contributed by atoms with Gasteiger partial charge in [0.15, 0.2) is 0 Å². The molecule has 2 aromatic heterocycles. The van der Waals surface area contributed by atoms with Crippen molar-refractivity contribution in [3.8, 4) is 0 Å². The van der Waals surface area contributed by atoms with Gasteiger partial charge in [0.25, 0.3) is 5.91 Å². The molecule has 178 valence electrons. The topological polar surface area (TPSA) is 122 Å². The number of fused-ring (bicyclic) bond motifs is 1. The van der Waals surface area contributed by atoms with Gasteiger partial charge < -0.3 is 15.7 Å². The number of para-hydroxylation sites is 1. The highest BCUT2D eigenvalue weighted by atomic mass is 16.4. The lowest BCUT2D eigenvalue weighted by atomic mass is 10.1. The minimum atomic E-state index is -0.993. The minimum Gasteiger partial charge on any atom is -0.478 e. The monoisotopic (exact) mass is 478 g/mol. The number of carboxylic acid groups (broad SMARTS) is 1. The number of carbonyl (C=O) groups is 2. The Morgan fingerprint density at radius 3 is 2.67 bits per heavy atom. The first-order chi connectivity index (χ1) is 17.6. The smallest absolute Gasteiger partial charge is 0.336 e. The molecule has 0 bridgehead atoms. The van der Waals surface area contributed by atoms with Crippen LogP contribution in [0.3, 0.4) is 0 Å². The van der Waals surface area contributed by atoms with Crippen molar-refractivity contribution < 1.29 is 14.7 Å². The second kappa shape index (κ2) is 10.1. The maximum Gasteiger partial charge on any atom is 0.336 e. The van der Waals surface area contributed by atoms with Crippen molar-refractivity contribution in [3.05, 3.63) is 114 Å². The van der Waals surface area contributed by atoms with E-state index in [1.165, 1.54) is 0 Å². The molecule has 0 radical (unpaired) electrons. The van der Waals surface area contributed by atoms with Crippen LogP contribution in [0.4, 0.5) is 11.4 Å². The van der Waals surface area contributed by atoms with Gasteiger partial charge in [-0.2, -0.15) is 0 Å². The van der Waals surface area contributed by atoms with Crippen molar-refractivity contribution in [2.45, 2.75) is 13.1 Å². The summed E-state index contributed by atoms with van der Waals surface area (Å²) in [5.41, 5.74) is 4.47. The molecule has 9 heteroatoms. The maximum absolute atomic E-state index is 12.8. The van der Waals surface area contributed by atoms with Crippen LogP contribution in [0.5, 0.6) is 0 Å². The molecule has 0 unspecified atom stereocenters. The van der Waals surface area contributed by atoms with E-state index < -0.39 is 5.97 Å². The first-order valence-corrected chi connectivity index (χ1v) is 11.3. The van der Waals surface area contributed by atoms with E-state index in [-0.39, 0.29) is 24.6 Å². The van der Waals surface area contributed by atoms with Gasteiger partial charge in [-0.05, 0) is 42.0 Å². The number of aromatic nitrogens is 4. The maximum atomic E-state index is 12.8. The van der Waals surface area contributed by atoms with Gasteiger partial charge in [0.05, 0.1) is 30.4 Å². The summed E-state index contributed by atoms with van der Waals surface area (Å²) >= 11 is 0. The Kier molecular flexibility index (Phi) is 6.35. The fourth-order valence-electron chi connectivity index (χ4n) is 3.91. The molecule has 0 fully saturated rings. The molecule has 0 aliphatic carbocycles. The number of aromatic carboxylic acids is 1. The third kappa shape index (κ3) is 5.05. The van der Waals surface area contributed by atoms with Crippen molar-refractivity contribution in [1.82, 2.24) is 25.3 Å². The number of nitrogens with one attached hydrogen (secondary N) is 2. The Morgan fingerprint density at radius 1 is 0.944 bits per heavy atom. The van der Waals surface area contributed by atoms with E-state index in [9.17, 15) is 14.7 Å². The van der Waals surface area contributed by atoms with Crippen LogP contribution in [0.25, 0.3) is 10.9 Å². The van der Waals surface area contributed by atoms with Gasteiger partial charge in [-0.3, -0.25) is 9.78 Å². The molecule has 0 aliphatic rings. The number of benzene rings is 3. The molecule has 0 spiro atoms. The summed E-state index contributed by atoms with van der Waals surface area (Å²) < 4.78 is 1.55. The second-order valence-electron chi connectivity index (χ2n) is 8.13. The lowest BCUT2D eigenvalue weighted by Gasteiger charge is -2.11. The van der Waals surface area contributed by atoms with E-state index in [2.05, 4.69) is 25.9 Å². The van der Waals surface area contributed by atoms with E-state index in [0.717, 1.165) is 22.3 Å². The summed E-state index contributed by atoms with van der Waals surface area (Å²) in [5, 5.41) is 24.7. The van der Waals surface area contributed by atoms with Gasteiger partial charge in [-0.1, -0.05) is 47.7 Å². The van der Waals surface area contributed by atoms with Crippen LogP contribution >= 0.6 is 0 Å². The first-order valence-electron chi connectivity index (χ1n) is 11.3. The molecule has 0 aliphatic heterocycles. The Balaban J connectivity index is 1.23. The Labute approximate surface area is 206 Å². The fourth-order valence-corrected chi connectivity index (χ4v) is 3.91. The average molecular weight is 479 g/mol. The summed E-state index contributed by atoms with van der Waals surface area (Å²) in [7, 11) is 0. The number of carbonyl (C=O) groups excluding carboxylic acids is 1. The van der Waals surface area contributed by atoms with Crippen LogP contribution in [0, 0.1) is 0 Å². The predicted molar refractivity (Wildman–Crippen MR) is 135 cm³/mol. The highest BCUT2D eigenvalue weighted by Crippen LogP contribution is 2.25. The van der Waals surface area contributed by atoms with Crippen LogP contribution in [0.1, 0.15) is 32.0 Å². The van der Waals surface area contributed by atoms with Gasteiger partial charge in [-0.25, -0.2) is 9.48 Å². The summed E-state index contributed by atoms with van der Waals surface area (Å²) in [4.78, 5) is 28.6. The van der Waals surface area contributed by atoms with Gasteiger partial charge in [0, 0.05) is 28.5 Å². The molecule has 2 heterocycles. The molecule has 9 nitrogen and oxygen atoms in total. The lowest BCUT2D eigenvalue weighted by Crippen LogP contribution is -2.23. The largest absolute Gasteiger partial charge is 0.478 e. The second-order valence-corrected chi connectivity index (χ2v) is 8.13. The third-order valence-corrected chi connectivity index (χ3v) is 5.65. The van der Waals surface area contributed by atoms with E-state index in [4.69, 9.17) is 0 Å². The first kappa shape index (κ1) is 22.7. The van der Waals surface area contributed by atoms with Crippen LogP contribution in [0.2, 0.25) is 0 Å². The average Bonchev–Trinajstić information content (AvgIpc) is 3.35. The van der Waals surface area contributed by atoms with Gasteiger partial charge in [0.2, 0.25) is 0 Å². The molecule has 0 saturated carbocycles. The Hall–Kier alpha value is -5.05. The van der Waals surface area contributed by atoms with Crippen LogP contribution in [-0.4, -0.2) is 37.0 Å². The number of anilines is 2. The van der Waals surface area contributed by atoms with Gasteiger partial charge in [-0.15, -0.1) is 5.10 Å². The summed E-state index contributed by atoms with van der Waals surface area (Å²) in [5.74, 6) is -1.24. The summed E-state index contributed by atoms with van der Waals surface area (Å²) in [6.07, 6.45) is 3.43. The Morgan fingerprint density at radius 2 is 1.78 bits per heavy atom. The molecule has 3 N–H and O–H groups in total. The molecule has 1 amide bonds. The van der Waals surface area contributed by atoms with Crippen molar-refractivity contribution in [3.63, 3.8) is 0 Å². The molecule has 5 aromatic rings. The number of rotatable bonds is 8. The molecule has 5 rings (SSSR count). The van der Waals surface area contributed by atoms with Gasteiger partial charge >= 0.3 is 5.97 Å². The molecule has 3 aromatic carbocycles. The summed E-state index contributed by atoms with van der Waals surface area (Å²) in [6.45, 7) is 0.451. The van der Waals surface area contributed by atoms with Crippen LogP contribution in [0.15, 0.2) is 91.3 Å². The summed E-state index contributed by atoms with van der Waals surface area (Å²) in [6, 6.07) is 23.7. The van der Waals surface area contributed by atoms with Crippen LogP contribution in [-0.2, 0) is 13.1 Å². The van der Waals surface area contributed by atoms with Crippen molar-refractivity contribution >= 4 is 34.2 Å². The number of pyridine rings is 1. The zero-order chi connectivity index (χ0) is 24.9. The number of carboxylic acids is 1. The normalized spacial score (nSPS) is 10.8. The molecular formula is C27H22N6O3. The quantitative estimate of drug-likeness (QED) is 0.305. The van der Waals surface area contributed by atoms with Gasteiger partial charge in [0.1, 0.15) is 5.69 Å². The molecular weight excluding hydrogens is 456 g/mol. The molecule has 0 atom stereocenters. The molecule has 0 saturated heterocycles. The van der Waals surface area contributed by atoms with Crippen molar-refractivity contribution in [2.24, 2.45) is 0 Å². The van der Waals surface area contributed by atoms with Crippen LogP contribution < -0.4 is 10.6 Å². The van der Waals surface area contributed by atoms with E-state index in [0.29, 0.717) is 16.8 Å². The van der Waals surface area contributed by atoms with E-state index >= 15 is 0 Å². The predicted octanol–water partition coefficient (Wildman–Crippen LogP) is 4.25. The lowest BCUT2D eigenvalue weighted by molar-refractivity contribution is 0.0695. The number of amides is 1. The minimum absolute atomic E-state index is 0.187. The Bertz CT molecular complexity index is 1560. The van der Waals surface area contributed by atoms with Crippen molar-refractivity contribution in [2.75, 3.05) is 5.32 Å². The zero-order valence-electron chi connectivity index (χ0n) is 19.1. The SMILES string of the molecule is O=C(NCc1cn(Cc2ccccc2C(=O)O)nn1)c1cccc(Nc2ccnc3ccccc23)c1. The zero-order valence-corrected chi connectivity index (χ0v) is 19.1. The fraction of sp³-hybridized carbons (Fsp3) is 0.0741. The van der Waals surface area contributed by atoms with E-state index in [1.54, 1.807) is 53.5 Å². The van der Waals surface area contributed by atoms with Crippen molar-refractivity contribution in [1.29, 1.82) is 0 Å². The standard InChI is InChI=1S/C27H22N6O3/c34-26(29-15-21-17-33(32-31-21)16-19-6-1-2-9-22(19)27(35)36)18-7-5-8-20(14-18)30-25-12-13-28-24-11-4-3-10-23(24)25/h1-14,17H,15-16H2,(H,28,30)(H,29,34)(H,35,36). The third-order valence-electron chi connectivity index (χ3n) is 5.65. The number of hydrogen-bond donors (Lipinski definition) is 3.